The van der Waals surface area contributed by atoms with Crippen LogP contribution in [0.2, 0.25) is 0 Å². The Bertz CT molecular complexity index is 757. The van der Waals surface area contributed by atoms with E-state index in [0.29, 0.717) is 12.6 Å². The molecule has 1 atom stereocenters. The van der Waals surface area contributed by atoms with Crippen molar-refractivity contribution in [3.8, 4) is 11.5 Å². The molecule has 2 aromatic carbocycles. The maximum absolute atomic E-state index is 5.40. The summed E-state index contributed by atoms with van der Waals surface area (Å²) >= 11 is 0. The van der Waals surface area contributed by atoms with Crippen molar-refractivity contribution in [2.24, 2.45) is 4.99 Å². The molecule has 0 saturated carbocycles. The van der Waals surface area contributed by atoms with Crippen LogP contribution in [0.1, 0.15) is 18.9 Å². The summed E-state index contributed by atoms with van der Waals surface area (Å²) in [6.07, 6.45) is 1.05. The molecule has 3 rings (SSSR count). The summed E-state index contributed by atoms with van der Waals surface area (Å²) in [7, 11) is 3.36. The Kier molecular flexibility index (Phi) is 7.00. The number of benzene rings is 2. The minimum absolute atomic E-state index is 0.339. The van der Waals surface area contributed by atoms with Gasteiger partial charge in [0.05, 0.1) is 20.8 Å². The SMILES string of the molecule is CCNC(=NCc1ccccc1)NC1CCN(c2cc(OC)cc(OC)c2)C1. The molecule has 0 bridgehead atoms. The van der Waals surface area contributed by atoms with Gasteiger partial charge in [-0.3, -0.25) is 0 Å². The van der Waals surface area contributed by atoms with Crippen molar-refractivity contribution in [2.45, 2.75) is 25.9 Å². The Labute approximate surface area is 167 Å². The maximum atomic E-state index is 5.40. The molecule has 28 heavy (non-hydrogen) atoms. The molecule has 1 saturated heterocycles. The third-order valence-electron chi connectivity index (χ3n) is 4.84. The number of guanidine groups is 1. The van der Waals surface area contributed by atoms with E-state index in [-0.39, 0.29) is 0 Å². The van der Waals surface area contributed by atoms with Crippen molar-refractivity contribution < 1.29 is 9.47 Å². The summed E-state index contributed by atoms with van der Waals surface area (Å²) in [5.74, 6) is 2.48. The highest BCUT2D eigenvalue weighted by molar-refractivity contribution is 5.80. The van der Waals surface area contributed by atoms with Crippen LogP contribution < -0.4 is 25.0 Å². The van der Waals surface area contributed by atoms with Crippen molar-refractivity contribution in [2.75, 3.05) is 38.8 Å². The Morgan fingerprint density at radius 1 is 1.11 bits per heavy atom. The van der Waals surface area contributed by atoms with E-state index in [1.165, 1.54) is 5.56 Å². The van der Waals surface area contributed by atoms with E-state index in [0.717, 1.165) is 49.2 Å². The predicted octanol–water partition coefficient (Wildman–Crippen LogP) is 3.04. The second kappa shape index (κ2) is 9.88. The van der Waals surface area contributed by atoms with Gasteiger partial charge < -0.3 is 25.0 Å². The third kappa shape index (κ3) is 5.31. The highest BCUT2D eigenvalue weighted by Crippen LogP contribution is 2.30. The Morgan fingerprint density at radius 2 is 1.82 bits per heavy atom. The first kappa shape index (κ1) is 19.9. The van der Waals surface area contributed by atoms with Gasteiger partial charge in [-0.05, 0) is 18.9 Å². The molecule has 0 aliphatic carbocycles. The average molecular weight is 383 g/mol. The number of nitrogens with one attached hydrogen (secondary N) is 2. The number of hydrogen-bond donors (Lipinski definition) is 2. The number of nitrogens with zero attached hydrogens (tertiary/aromatic N) is 2. The van der Waals surface area contributed by atoms with Crippen LogP contribution in [0.15, 0.2) is 53.5 Å². The number of methoxy groups -OCH3 is 2. The second-order valence-electron chi connectivity index (χ2n) is 6.83. The van der Waals surface area contributed by atoms with E-state index in [4.69, 9.17) is 14.5 Å². The molecule has 6 nitrogen and oxygen atoms in total. The second-order valence-corrected chi connectivity index (χ2v) is 6.83. The molecule has 1 heterocycles. The highest BCUT2D eigenvalue weighted by atomic mass is 16.5. The van der Waals surface area contributed by atoms with E-state index >= 15 is 0 Å². The minimum Gasteiger partial charge on any atom is -0.497 e. The molecule has 2 N–H and O–H groups in total. The number of ether oxygens (including phenoxy) is 2. The lowest BCUT2D eigenvalue weighted by molar-refractivity contribution is 0.394. The molecule has 1 fully saturated rings. The first-order valence-corrected chi connectivity index (χ1v) is 9.78. The topological polar surface area (TPSA) is 58.1 Å². The van der Waals surface area contributed by atoms with Crippen LogP contribution in [0.3, 0.4) is 0 Å². The van der Waals surface area contributed by atoms with E-state index < -0.39 is 0 Å². The molecule has 0 spiro atoms. The lowest BCUT2D eigenvalue weighted by atomic mass is 10.2. The number of anilines is 1. The Hall–Kier alpha value is -2.89. The van der Waals surface area contributed by atoms with Gasteiger partial charge in [-0.1, -0.05) is 30.3 Å². The normalized spacial score (nSPS) is 16.8. The summed E-state index contributed by atoms with van der Waals surface area (Å²) in [5, 5.41) is 6.93. The van der Waals surface area contributed by atoms with Gasteiger partial charge in [0.25, 0.3) is 0 Å². The van der Waals surface area contributed by atoms with Crippen LogP contribution in [0.5, 0.6) is 11.5 Å². The molecule has 1 aliphatic rings. The molecule has 0 radical (unpaired) electrons. The molecule has 0 aromatic heterocycles. The first-order chi connectivity index (χ1) is 13.7. The monoisotopic (exact) mass is 382 g/mol. The van der Waals surface area contributed by atoms with Gasteiger partial charge in [0.15, 0.2) is 5.96 Å². The number of rotatable bonds is 7. The minimum atomic E-state index is 0.339. The van der Waals surface area contributed by atoms with E-state index in [9.17, 15) is 0 Å². The predicted molar refractivity (Wildman–Crippen MR) is 115 cm³/mol. The quantitative estimate of drug-likeness (QED) is 0.569. The molecule has 1 aliphatic heterocycles. The number of aliphatic imine (C=N–C) groups is 1. The Balaban J connectivity index is 1.63. The van der Waals surface area contributed by atoms with Crippen molar-refractivity contribution in [3.05, 3.63) is 54.1 Å². The van der Waals surface area contributed by atoms with Gasteiger partial charge in [-0.2, -0.15) is 0 Å². The highest BCUT2D eigenvalue weighted by Gasteiger charge is 2.24. The Morgan fingerprint density at radius 3 is 2.46 bits per heavy atom. The van der Waals surface area contributed by atoms with Crippen LogP contribution in [-0.4, -0.2) is 45.9 Å². The zero-order chi connectivity index (χ0) is 19.8. The fourth-order valence-electron chi connectivity index (χ4n) is 3.35. The average Bonchev–Trinajstić information content (AvgIpc) is 3.21. The third-order valence-corrected chi connectivity index (χ3v) is 4.84. The van der Waals surface area contributed by atoms with Gasteiger partial charge in [0, 0.05) is 49.6 Å². The van der Waals surface area contributed by atoms with Crippen LogP contribution in [0, 0.1) is 0 Å². The fraction of sp³-hybridized carbons (Fsp3) is 0.409. The molecule has 150 valence electrons. The van der Waals surface area contributed by atoms with Gasteiger partial charge in [0.2, 0.25) is 0 Å². The molecule has 1 unspecified atom stereocenters. The molecular formula is C22H30N4O2. The van der Waals surface area contributed by atoms with Crippen LogP contribution >= 0.6 is 0 Å². The van der Waals surface area contributed by atoms with Crippen molar-refractivity contribution in [1.29, 1.82) is 0 Å². The van der Waals surface area contributed by atoms with Crippen molar-refractivity contribution in [3.63, 3.8) is 0 Å². The molecule has 6 heteroatoms. The summed E-state index contributed by atoms with van der Waals surface area (Å²) in [5.41, 5.74) is 2.32. The fourth-order valence-corrected chi connectivity index (χ4v) is 3.35. The van der Waals surface area contributed by atoms with Crippen LogP contribution in [0.4, 0.5) is 5.69 Å². The summed E-state index contributed by atoms with van der Waals surface area (Å²) < 4.78 is 10.8. The molecule has 0 amide bonds. The summed E-state index contributed by atoms with van der Waals surface area (Å²) in [6.45, 7) is 5.48. The van der Waals surface area contributed by atoms with Gasteiger partial charge >= 0.3 is 0 Å². The molecular weight excluding hydrogens is 352 g/mol. The lowest BCUT2D eigenvalue weighted by Crippen LogP contribution is -2.44. The molecule has 2 aromatic rings. The van der Waals surface area contributed by atoms with Crippen molar-refractivity contribution in [1.82, 2.24) is 10.6 Å². The largest absolute Gasteiger partial charge is 0.497 e. The lowest BCUT2D eigenvalue weighted by Gasteiger charge is -2.21. The zero-order valence-corrected chi connectivity index (χ0v) is 16.9. The standard InChI is InChI=1S/C22H30N4O2/c1-4-23-22(24-15-17-8-6-5-7-9-17)25-18-10-11-26(16-18)19-12-20(27-2)14-21(13-19)28-3/h5-9,12-14,18H,4,10-11,15-16H2,1-3H3,(H2,23,24,25). The van der Waals surface area contributed by atoms with Gasteiger partial charge in [-0.25, -0.2) is 4.99 Å². The van der Waals surface area contributed by atoms with Gasteiger partial charge in [0.1, 0.15) is 11.5 Å². The van der Waals surface area contributed by atoms with Crippen LogP contribution in [-0.2, 0) is 6.54 Å². The van der Waals surface area contributed by atoms with Gasteiger partial charge in [-0.15, -0.1) is 0 Å². The smallest absolute Gasteiger partial charge is 0.191 e. The number of hydrogen-bond acceptors (Lipinski definition) is 4. The summed E-state index contributed by atoms with van der Waals surface area (Å²) in [4.78, 5) is 7.09. The van der Waals surface area contributed by atoms with E-state index in [1.54, 1.807) is 14.2 Å². The van der Waals surface area contributed by atoms with Crippen molar-refractivity contribution >= 4 is 11.6 Å². The maximum Gasteiger partial charge on any atom is 0.191 e. The van der Waals surface area contributed by atoms with Crippen LogP contribution in [0.25, 0.3) is 0 Å². The zero-order valence-electron chi connectivity index (χ0n) is 16.9. The van der Waals surface area contributed by atoms with E-state index in [1.807, 2.05) is 24.3 Å². The first-order valence-electron chi connectivity index (χ1n) is 9.78. The van der Waals surface area contributed by atoms with E-state index in [2.05, 4.69) is 46.7 Å². The summed E-state index contributed by atoms with van der Waals surface area (Å²) in [6, 6.07) is 16.7.